The van der Waals surface area contributed by atoms with Crippen LogP contribution in [-0.4, -0.2) is 88.9 Å². The Kier molecular flexibility index (Phi) is 11.7. The van der Waals surface area contributed by atoms with Crippen LogP contribution in [0.15, 0.2) is 30.5 Å². The minimum Gasteiger partial charge on any atom is -0.480 e. The average Bonchev–Trinajstić information content (AvgIpc) is 2.96. The normalized spacial score (nSPS) is 11.4. The first kappa shape index (κ1) is 31.5. The van der Waals surface area contributed by atoms with E-state index in [1.165, 1.54) is 0 Å². The van der Waals surface area contributed by atoms with E-state index < -0.39 is 17.9 Å². The van der Waals surface area contributed by atoms with Gasteiger partial charge in [-0.1, -0.05) is 5.92 Å². The molecule has 1 atom stereocenters. The predicted molar refractivity (Wildman–Crippen MR) is 154 cm³/mol. The summed E-state index contributed by atoms with van der Waals surface area (Å²) in [6, 6.07) is 5.34. The first-order valence-corrected chi connectivity index (χ1v) is 12.9. The van der Waals surface area contributed by atoms with Gasteiger partial charge in [0.15, 0.2) is 17.0 Å². The van der Waals surface area contributed by atoms with E-state index in [-0.39, 0.29) is 55.8 Å². The van der Waals surface area contributed by atoms with Crippen molar-refractivity contribution in [1.82, 2.24) is 30.6 Å². The second-order valence-electron chi connectivity index (χ2n) is 9.03. The maximum absolute atomic E-state index is 12.7. The number of carbonyl (C=O) groups excluding carboxylic acids is 2. The molecule has 0 radical (unpaired) electrons. The number of carbonyl (C=O) groups is 3. The molecule has 2 aromatic heterocycles. The van der Waals surface area contributed by atoms with Crippen molar-refractivity contribution in [3.63, 3.8) is 0 Å². The summed E-state index contributed by atoms with van der Waals surface area (Å²) in [5, 5.41) is 14.6. The van der Waals surface area contributed by atoms with E-state index in [1.54, 1.807) is 30.5 Å². The summed E-state index contributed by atoms with van der Waals surface area (Å²) >= 11 is 0. The van der Waals surface area contributed by atoms with E-state index in [9.17, 15) is 19.5 Å². The summed E-state index contributed by atoms with van der Waals surface area (Å²) in [5.74, 6) is 0.313. The third-order valence-electron chi connectivity index (χ3n) is 5.86. The van der Waals surface area contributed by atoms with Crippen LogP contribution in [0.1, 0.15) is 28.9 Å². The van der Waals surface area contributed by atoms with Gasteiger partial charge in [-0.15, -0.1) is 6.42 Å². The van der Waals surface area contributed by atoms with Crippen molar-refractivity contribution in [2.75, 3.05) is 56.4 Å². The van der Waals surface area contributed by atoms with Crippen molar-refractivity contribution in [1.29, 1.82) is 0 Å². The predicted octanol–water partition coefficient (Wildman–Crippen LogP) is -0.0336. The summed E-state index contributed by atoms with van der Waals surface area (Å²) < 4.78 is 10.4. The maximum atomic E-state index is 12.7. The fraction of sp³-hybridized carbons (Fsp3) is 0.370. The second kappa shape index (κ2) is 15.6. The Hall–Kier alpha value is -5.07. The zero-order chi connectivity index (χ0) is 30.5. The minimum absolute atomic E-state index is 0.0143. The zero-order valence-corrected chi connectivity index (χ0v) is 23.1. The molecule has 15 nitrogen and oxygen atoms in total. The van der Waals surface area contributed by atoms with Crippen molar-refractivity contribution in [3.8, 4) is 12.3 Å². The molecule has 2 amide bonds. The topological polar surface area (TPSA) is 221 Å². The Labute approximate surface area is 242 Å². The molecule has 222 valence electrons. The van der Waals surface area contributed by atoms with E-state index in [1.807, 2.05) is 11.9 Å². The van der Waals surface area contributed by atoms with Crippen molar-refractivity contribution in [2.45, 2.75) is 25.4 Å². The second-order valence-corrected chi connectivity index (χ2v) is 9.03. The molecule has 0 saturated carbocycles. The van der Waals surface area contributed by atoms with Gasteiger partial charge in [-0.05, 0) is 30.7 Å². The van der Waals surface area contributed by atoms with E-state index >= 15 is 0 Å². The van der Waals surface area contributed by atoms with Gasteiger partial charge in [0.1, 0.15) is 12.6 Å². The molecule has 7 N–H and O–H groups in total. The minimum atomic E-state index is -1.24. The van der Waals surface area contributed by atoms with Gasteiger partial charge >= 0.3 is 5.97 Å². The summed E-state index contributed by atoms with van der Waals surface area (Å²) in [6.45, 7) is 1.78. The number of carboxylic acid groups (broad SMARTS) is 1. The Morgan fingerprint density at radius 1 is 1.10 bits per heavy atom. The van der Waals surface area contributed by atoms with Crippen LogP contribution in [0, 0.1) is 12.3 Å². The van der Waals surface area contributed by atoms with E-state index in [2.05, 4.69) is 36.5 Å². The molecule has 1 aromatic carbocycles. The number of amides is 2. The third kappa shape index (κ3) is 9.54. The molecular formula is C27H33N9O6. The average molecular weight is 580 g/mol. The number of nitrogens with two attached hydrogens (primary N) is 2. The van der Waals surface area contributed by atoms with Crippen LogP contribution < -0.4 is 27.0 Å². The largest absolute Gasteiger partial charge is 0.480 e. The molecule has 42 heavy (non-hydrogen) atoms. The zero-order valence-electron chi connectivity index (χ0n) is 23.1. The lowest BCUT2D eigenvalue weighted by Crippen LogP contribution is -2.41. The number of rotatable bonds is 16. The van der Waals surface area contributed by atoms with Gasteiger partial charge in [0.2, 0.25) is 11.9 Å². The van der Waals surface area contributed by atoms with Gasteiger partial charge in [-0.3, -0.25) is 9.59 Å². The first-order chi connectivity index (χ1) is 20.2. The van der Waals surface area contributed by atoms with Crippen LogP contribution in [0.5, 0.6) is 0 Å². The lowest BCUT2D eigenvalue weighted by atomic mass is 10.1. The standard InChI is InChI=1S/C27H33N9O6/c1-3-11-41-13-14-42-12-10-30-21(37)9-8-20(26(39)40)33-25(38)17-4-6-19(7-5-17)36(2)16-18-15-31-24-22(32-18)23(28)34-27(29)35-24/h1,4-7,15,20H,8-14,16H2,2H3,(H,30,37)(H,33,38)(H,39,40)(H4,28,29,31,34,35)/t20-/m0/s1. The van der Waals surface area contributed by atoms with Gasteiger partial charge in [-0.25, -0.2) is 14.8 Å². The number of terminal acetylenes is 1. The number of hydrogen-bond acceptors (Lipinski definition) is 12. The van der Waals surface area contributed by atoms with Crippen molar-refractivity contribution in [2.24, 2.45) is 0 Å². The Bertz CT molecular complexity index is 1430. The maximum Gasteiger partial charge on any atom is 0.326 e. The number of anilines is 3. The van der Waals surface area contributed by atoms with Crippen LogP contribution in [0.3, 0.4) is 0 Å². The first-order valence-electron chi connectivity index (χ1n) is 12.9. The number of ether oxygens (including phenoxy) is 2. The number of fused-ring (bicyclic) bond motifs is 1. The summed E-state index contributed by atoms with van der Waals surface area (Å²) in [4.78, 5) is 55.0. The van der Waals surface area contributed by atoms with Crippen LogP contribution in [0.4, 0.5) is 17.5 Å². The summed E-state index contributed by atoms with van der Waals surface area (Å²) in [5.41, 5.74) is 13.8. The van der Waals surface area contributed by atoms with Crippen molar-refractivity contribution in [3.05, 3.63) is 41.7 Å². The van der Waals surface area contributed by atoms with Gasteiger partial charge < -0.3 is 41.6 Å². The summed E-state index contributed by atoms with van der Waals surface area (Å²) in [6.07, 6.45) is 6.46. The van der Waals surface area contributed by atoms with Crippen LogP contribution in [0.2, 0.25) is 0 Å². The fourth-order valence-electron chi connectivity index (χ4n) is 3.74. The molecule has 2 heterocycles. The van der Waals surface area contributed by atoms with Gasteiger partial charge in [0, 0.05) is 31.3 Å². The molecule has 3 aromatic rings. The van der Waals surface area contributed by atoms with Gasteiger partial charge in [0.25, 0.3) is 5.91 Å². The number of aromatic nitrogens is 4. The van der Waals surface area contributed by atoms with Crippen LogP contribution >= 0.6 is 0 Å². The van der Waals surface area contributed by atoms with E-state index in [0.29, 0.717) is 36.6 Å². The highest BCUT2D eigenvalue weighted by atomic mass is 16.5. The fourth-order valence-corrected chi connectivity index (χ4v) is 3.74. The molecule has 0 saturated heterocycles. The Balaban J connectivity index is 1.47. The lowest BCUT2D eigenvalue weighted by Gasteiger charge is -2.19. The van der Waals surface area contributed by atoms with Crippen molar-refractivity contribution < 1.29 is 29.0 Å². The molecule has 0 aliphatic carbocycles. The molecule has 0 aliphatic rings. The van der Waals surface area contributed by atoms with Gasteiger partial charge in [0.05, 0.1) is 38.3 Å². The highest BCUT2D eigenvalue weighted by Crippen LogP contribution is 2.19. The van der Waals surface area contributed by atoms with Crippen LogP contribution in [-0.2, 0) is 25.6 Å². The molecule has 0 bridgehead atoms. The Morgan fingerprint density at radius 2 is 1.83 bits per heavy atom. The number of aliphatic carboxylic acids is 1. The molecular weight excluding hydrogens is 546 g/mol. The number of carboxylic acids is 1. The number of nitrogens with one attached hydrogen (secondary N) is 2. The highest BCUT2D eigenvalue weighted by molar-refractivity contribution is 5.97. The third-order valence-corrected chi connectivity index (χ3v) is 5.86. The van der Waals surface area contributed by atoms with Gasteiger partial charge in [-0.2, -0.15) is 9.97 Å². The highest BCUT2D eigenvalue weighted by Gasteiger charge is 2.22. The number of hydrogen-bond donors (Lipinski definition) is 5. The molecule has 3 rings (SSSR count). The quantitative estimate of drug-likeness (QED) is 0.111. The number of nitrogens with zero attached hydrogens (tertiary/aromatic N) is 5. The lowest BCUT2D eigenvalue weighted by molar-refractivity contribution is -0.139. The van der Waals surface area contributed by atoms with E-state index in [0.717, 1.165) is 5.69 Å². The van der Waals surface area contributed by atoms with E-state index in [4.69, 9.17) is 27.4 Å². The molecule has 0 fully saturated rings. The smallest absolute Gasteiger partial charge is 0.326 e. The Morgan fingerprint density at radius 3 is 2.55 bits per heavy atom. The number of benzene rings is 1. The molecule has 0 spiro atoms. The van der Waals surface area contributed by atoms with Crippen molar-refractivity contribution >= 4 is 46.4 Å². The summed E-state index contributed by atoms with van der Waals surface area (Å²) in [7, 11) is 1.83. The number of nitrogen functional groups attached to an aromatic ring is 2. The SMILES string of the molecule is C#CCOCCOCCNC(=O)CC[C@H](NC(=O)c1ccc(N(C)Cc2cnc3nc(N)nc(N)c3n2)cc1)C(=O)O. The van der Waals surface area contributed by atoms with Crippen LogP contribution in [0.25, 0.3) is 11.2 Å². The molecule has 0 aliphatic heterocycles. The molecule has 0 unspecified atom stereocenters. The molecule has 15 heteroatoms. The monoisotopic (exact) mass is 579 g/mol.